The minimum atomic E-state index is 0.119. The molecule has 1 amide bonds. The van der Waals surface area contributed by atoms with E-state index in [9.17, 15) is 4.79 Å². The molecule has 3 aromatic rings. The average Bonchev–Trinajstić information content (AvgIpc) is 3.06. The van der Waals surface area contributed by atoms with Crippen molar-refractivity contribution >= 4 is 33.0 Å². The third-order valence-electron chi connectivity index (χ3n) is 4.06. The van der Waals surface area contributed by atoms with Crippen LogP contribution in [0.1, 0.15) is 22.2 Å². The summed E-state index contributed by atoms with van der Waals surface area (Å²) < 4.78 is 1.17. The third kappa shape index (κ3) is 1.96. The predicted octanol–water partition coefficient (Wildman–Crippen LogP) is 4.49. The highest BCUT2D eigenvalue weighted by Crippen LogP contribution is 2.35. The number of para-hydroxylation sites is 1. The molecular formula is C18H15NOS. The summed E-state index contributed by atoms with van der Waals surface area (Å²) in [6.07, 6.45) is 0.937. The molecule has 3 heteroatoms. The Hall–Kier alpha value is -2.13. The van der Waals surface area contributed by atoms with E-state index < -0.39 is 0 Å². The van der Waals surface area contributed by atoms with Crippen LogP contribution in [-0.4, -0.2) is 11.9 Å². The molecule has 2 nitrogen and oxygen atoms in total. The quantitative estimate of drug-likeness (QED) is 0.647. The molecule has 0 spiro atoms. The zero-order valence-corrected chi connectivity index (χ0v) is 12.6. The van der Waals surface area contributed by atoms with E-state index >= 15 is 0 Å². The summed E-state index contributed by atoms with van der Waals surface area (Å²) in [6.45, 7) is 2.12. The number of carbonyl (C=O) groups is 1. The molecule has 4 rings (SSSR count). The van der Waals surface area contributed by atoms with Crippen LogP contribution in [0.5, 0.6) is 0 Å². The first-order valence-corrected chi connectivity index (χ1v) is 7.96. The topological polar surface area (TPSA) is 20.3 Å². The van der Waals surface area contributed by atoms with Crippen LogP contribution >= 0.6 is 11.3 Å². The molecule has 0 saturated heterocycles. The summed E-state index contributed by atoms with van der Waals surface area (Å²) in [5.41, 5.74) is 2.33. The van der Waals surface area contributed by atoms with Crippen molar-refractivity contribution in [3.05, 3.63) is 65.0 Å². The molecule has 2 heterocycles. The first-order chi connectivity index (χ1) is 10.2. The van der Waals surface area contributed by atoms with Gasteiger partial charge in [-0.2, -0.15) is 0 Å². The number of carbonyl (C=O) groups excluding carboxylic acids is 1. The van der Waals surface area contributed by atoms with Gasteiger partial charge in [0.25, 0.3) is 5.91 Å². The second-order valence-corrected chi connectivity index (χ2v) is 6.59. The highest BCUT2D eigenvalue weighted by atomic mass is 32.1. The van der Waals surface area contributed by atoms with Gasteiger partial charge in [0, 0.05) is 16.4 Å². The van der Waals surface area contributed by atoms with Crippen LogP contribution in [0.25, 0.3) is 10.1 Å². The van der Waals surface area contributed by atoms with E-state index in [1.807, 2.05) is 41.3 Å². The fourth-order valence-electron chi connectivity index (χ4n) is 3.08. The van der Waals surface area contributed by atoms with Gasteiger partial charge in [0.1, 0.15) is 0 Å². The minimum Gasteiger partial charge on any atom is -0.304 e. The van der Waals surface area contributed by atoms with Crippen LogP contribution in [0, 0.1) is 0 Å². The first kappa shape index (κ1) is 12.6. The van der Waals surface area contributed by atoms with Crippen LogP contribution < -0.4 is 4.90 Å². The third-order valence-corrected chi connectivity index (χ3v) is 5.17. The second kappa shape index (κ2) is 4.71. The Morgan fingerprint density at radius 2 is 1.90 bits per heavy atom. The molecule has 0 unspecified atom stereocenters. The number of amides is 1. The van der Waals surface area contributed by atoms with Crippen molar-refractivity contribution in [2.24, 2.45) is 0 Å². The fourth-order valence-corrected chi connectivity index (χ4v) is 4.08. The van der Waals surface area contributed by atoms with Gasteiger partial charge >= 0.3 is 0 Å². The highest BCUT2D eigenvalue weighted by molar-refractivity contribution is 7.20. The van der Waals surface area contributed by atoms with E-state index in [-0.39, 0.29) is 11.9 Å². The maximum Gasteiger partial charge on any atom is 0.268 e. The number of hydrogen-bond donors (Lipinski definition) is 0. The molecule has 1 atom stereocenters. The van der Waals surface area contributed by atoms with E-state index in [0.717, 1.165) is 22.4 Å². The normalized spacial score (nSPS) is 17.2. The number of rotatable bonds is 1. The number of thiophene rings is 1. The molecule has 0 bridgehead atoms. The molecule has 1 aromatic heterocycles. The van der Waals surface area contributed by atoms with Gasteiger partial charge < -0.3 is 4.90 Å². The monoisotopic (exact) mass is 293 g/mol. The average molecular weight is 293 g/mol. The summed E-state index contributed by atoms with van der Waals surface area (Å²) in [5, 5.41) is 1.14. The maximum absolute atomic E-state index is 12.9. The molecule has 0 radical (unpaired) electrons. The minimum absolute atomic E-state index is 0.119. The molecule has 0 fully saturated rings. The van der Waals surface area contributed by atoms with Crippen molar-refractivity contribution < 1.29 is 4.79 Å². The zero-order chi connectivity index (χ0) is 14.4. The Bertz CT molecular complexity index is 803. The smallest absolute Gasteiger partial charge is 0.268 e. The van der Waals surface area contributed by atoms with Gasteiger partial charge in [-0.3, -0.25) is 4.79 Å². The highest BCUT2D eigenvalue weighted by Gasteiger charge is 2.31. The Kier molecular flexibility index (Phi) is 2.82. The van der Waals surface area contributed by atoms with Crippen molar-refractivity contribution in [2.45, 2.75) is 19.4 Å². The Morgan fingerprint density at radius 3 is 2.76 bits per heavy atom. The number of hydrogen-bond acceptors (Lipinski definition) is 2. The van der Waals surface area contributed by atoms with Crippen LogP contribution in [-0.2, 0) is 6.42 Å². The molecule has 2 aromatic carbocycles. The summed E-state index contributed by atoms with van der Waals surface area (Å²) in [7, 11) is 0. The van der Waals surface area contributed by atoms with Crippen LogP contribution in [0.3, 0.4) is 0 Å². The van der Waals surface area contributed by atoms with Gasteiger partial charge in [0.15, 0.2) is 0 Å². The van der Waals surface area contributed by atoms with Gasteiger partial charge in [-0.25, -0.2) is 0 Å². The van der Waals surface area contributed by atoms with Crippen LogP contribution in [0.2, 0.25) is 0 Å². The Balaban J connectivity index is 1.77. The number of fused-ring (bicyclic) bond motifs is 2. The van der Waals surface area contributed by atoms with Crippen LogP contribution in [0.15, 0.2) is 54.6 Å². The maximum atomic E-state index is 12.9. The second-order valence-electron chi connectivity index (χ2n) is 5.51. The van der Waals surface area contributed by atoms with Crippen molar-refractivity contribution in [3.8, 4) is 0 Å². The standard InChI is InChI=1S/C18H15NOS/c1-12-10-13-6-2-4-8-15(13)19(12)18(20)17-11-14-7-3-5-9-16(14)21-17/h2-9,11-12H,10H2,1H3/t12-/m1/s1. The van der Waals surface area contributed by atoms with Crippen molar-refractivity contribution in [2.75, 3.05) is 4.90 Å². The van der Waals surface area contributed by atoms with E-state index in [0.29, 0.717) is 0 Å². The summed E-state index contributed by atoms with van der Waals surface area (Å²) in [4.78, 5) is 15.7. The van der Waals surface area contributed by atoms with E-state index in [1.165, 1.54) is 10.3 Å². The van der Waals surface area contributed by atoms with Gasteiger partial charge in [0.2, 0.25) is 0 Å². The Labute approximate surface area is 127 Å². The lowest BCUT2D eigenvalue weighted by molar-refractivity contribution is 0.0985. The van der Waals surface area contributed by atoms with Crippen molar-refractivity contribution in [1.82, 2.24) is 0 Å². The summed E-state index contributed by atoms with van der Waals surface area (Å²) >= 11 is 1.58. The van der Waals surface area contributed by atoms with Crippen LogP contribution in [0.4, 0.5) is 5.69 Å². The van der Waals surface area contributed by atoms with Crippen molar-refractivity contribution in [3.63, 3.8) is 0 Å². The molecule has 1 aliphatic heterocycles. The predicted molar refractivity (Wildman–Crippen MR) is 88.2 cm³/mol. The van der Waals surface area contributed by atoms with Crippen molar-refractivity contribution in [1.29, 1.82) is 0 Å². The lowest BCUT2D eigenvalue weighted by Gasteiger charge is -2.21. The van der Waals surface area contributed by atoms with E-state index in [4.69, 9.17) is 0 Å². The largest absolute Gasteiger partial charge is 0.304 e. The number of nitrogens with zero attached hydrogens (tertiary/aromatic N) is 1. The molecule has 104 valence electrons. The van der Waals surface area contributed by atoms with Gasteiger partial charge in [-0.15, -0.1) is 11.3 Å². The van der Waals surface area contributed by atoms with Gasteiger partial charge in [-0.05, 0) is 42.5 Å². The lowest BCUT2D eigenvalue weighted by atomic mass is 10.1. The molecule has 0 aliphatic carbocycles. The number of anilines is 1. The van der Waals surface area contributed by atoms with Gasteiger partial charge in [0.05, 0.1) is 4.88 Å². The molecular weight excluding hydrogens is 278 g/mol. The first-order valence-electron chi connectivity index (χ1n) is 7.14. The fraction of sp³-hybridized carbons (Fsp3) is 0.167. The van der Waals surface area contributed by atoms with Gasteiger partial charge in [-0.1, -0.05) is 36.4 Å². The zero-order valence-electron chi connectivity index (χ0n) is 11.7. The SMILES string of the molecule is C[C@@H]1Cc2ccccc2N1C(=O)c1cc2ccccc2s1. The summed E-state index contributed by atoms with van der Waals surface area (Å²) in [6, 6.07) is 18.6. The molecule has 0 N–H and O–H groups in total. The Morgan fingerprint density at radius 1 is 1.14 bits per heavy atom. The molecule has 21 heavy (non-hydrogen) atoms. The lowest BCUT2D eigenvalue weighted by Crippen LogP contribution is -2.35. The number of benzene rings is 2. The molecule has 0 saturated carbocycles. The molecule has 1 aliphatic rings. The van der Waals surface area contributed by atoms with E-state index in [1.54, 1.807) is 11.3 Å². The van der Waals surface area contributed by atoms with E-state index in [2.05, 4.69) is 25.1 Å². The summed E-state index contributed by atoms with van der Waals surface area (Å²) in [5.74, 6) is 0.119.